The second-order valence-electron chi connectivity index (χ2n) is 4.46. The summed E-state index contributed by atoms with van der Waals surface area (Å²) >= 11 is 6.73. The highest BCUT2D eigenvalue weighted by molar-refractivity contribution is 9.11. The first-order valence-corrected chi connectivity index (χ1v) is 7.85. The fourth-order valence-corrected chi connectivity index (χ4v) is 3.45. The van der Waals surface area contributed by atoms with Gasteiger partial charge in [-0.15, -0.1) is 0 Å². The molecule has 0 aliphatic rings. The maximum Gasteiger partial charge on any atom is 0.194 e. The Balaban J connectivity index is 2.56. The Hall–Kier alpha value is -0.850. The van der Waals surface area contributed by atoms with Gasteiger partial charge >= 0.3 is 0 Å². The van der Waals surface area contributed by atoms with Gasteiger partial charge in [-0.1, -0.05) is 44.8 Å². The third-order valence-corrected chi connectivity index (χ3v) is 3.92. The lowest BCUT2D eigenvalue weighted by molar-refractivity contribution is 0.433. The number of hydrogen-bond donors (Lipinski definition) is 1. The maximum absolute atomic E-state index is 14.0. The molecule has 0 saturated heterocycles. The Morgan fingerprint density at radius 2 is 1.62 bits per heavy atom. The van der Waals surface area contributed by atoms with Gasteiger partial charge in [0.2, 0.25) is 0 Å². The fourth-order valence-electron chi connectivity index (χ4n) is 2.12. The molecule has 0 aromatic heterocycles. The average Bonchev–Trinajstić information content (AvgIpc) is 2.42. The van der Waals surface area contributed by atoms with E-state index in [2.05, 4.69) is 37.2 Å². The molecule has 0 saturated carbocycles. The highest BCUT2D eigenvalue weighted by Gasteiger charge is 2.22. The van der Waals surface area contributed by atoms with Crippen LogP contribution >= 0.6 is 31.9 Å². The minimum atomic E-state index is -1.45. The minimum absolute atomic E-state index is 0.0701. The molecule has 21 heavy (non-hydrogen) atoms. The SMILES string of the molecule is CCNC(c1cc(Br)cc(Br)c1)c1ccc(F)c(F)c1F. The Kier molecular flexibility index (Phi) is 5.46. The molecule has 112 valence electrons. The van der Waals surface area contributed by atoms with Gasteiger partial charge in [0, 0.05) is 14.5 Å². The molecule has 0 aliphatic carbocycles. The highest BCUT2D eigenvalue weighted by atomic mass is 79.9. The first-order chi connectivity index (χ1) is 9.93. The van der Waals surface area contributed by atoms with E-state index in [-0.39, 0.29) is 5.56 Å². The molecule has 2 rings (SSSR count). The number of rotatable bonds is 4. The molecule has 0 amide bonds. The Bertz CT molecular complexity index is 641. The molecule has 0 spiro atoms. The largest absolute Gasteiger partial charge is 0.306 e. The van der Waals surface area contributed by atoms with Gasteiger partial charge in [0.25, 0.3) is 0 Å². The monoisotopic (exact) mass is 421 g/mol. The van der Waals surface area contributed by atoms with Gasteiger partial charge in [-0.2, -0.15) is 0 Å². The molecule has 1 unspecified atom stereocenters. The zero-order valence-corrected chi connectivity index (χ0v) is 14.2. The summed E-state index contributed by atoms with van der Waals surface area (Å²) in [6.07, 6.45) is 0. The molecular formula is C15H12Br2F3N. The van der Waals surface area contributed by atoms with Gasteiger partial charge in [-0.3, -0.25) is 0 Å². The van der Waals surface area contributed by atoms with E-state index in [1.165, 1.54) is 6.07 Å². The Morgan fingerprint density at radius 1 is 1.00 bits per heavy atom. The number of hydrogen-bond acceptors (Lipinski definition) is 1. The summed E-state index contributed by atoms with van der Waals surface area (Å²) in [6.45, 7) is 2.41. The molecule has 6 heteroatoms. The average molecular weight is 423 g/mol. The van der Waals surface area contributed by atoms with Gasteiger partial charge in [0.1, 0.15) is 0 Å². The van der Waals surface area contributed by atoms with Crippen LogP contribution in [-0.2, 0) is 0 Å². The molecular weight excluding hydrogens is 411 g/mol. The summed E-state index contributed by atoms with van der Waals surface area (Å²) in [7, 11) is 0. The van der Waals surface area contributed by atoms with Crippen molar-refractivity contribution in [1.29, 1.82) is 0 Å². The smallest absolute Gasteiger partial charge is 0.194 e. The lowest BCUT2D eigenvalue weighted by Gasteiger charge is -2.20. The molecule has 0 radical (unpaired) electrons. The third kappa shape index (κ3) is 3.67. The van der Waals surface area contributed by atoms with Crippen molar-refractivity contribution in [3.63, 3.8) is 0 Å². The second kappa shape index (κ2) is 6.94. The van der Waals surface area contributed by atoms with Gasteiger partial charge < -0.3 is 5.32 Å². The van der Waals surface area contributed by atoms with Crippen LogP contribution in [0.3, 0.4) is 0 Å². The maximum atomic E-state index is 14.0. The van der Waals surface area contributed by atoms with E-state index >= 15 is 0 Å². The predicted molar refractivity (Wildman–Crippen MR) is 83.7 cm³/mol. The highest BCUT2D eigenvalue weighted by Crippen LogP contribution is 2.30. The molecule has 0 fully saturated rings. The van der Waals surface area contributed by atoms with Crippen molar-refractivity contribution in [2.24, 2.45) is 0 Å². The van der Waals surface area contributed by atoms with Gasteiger partial charge in [-0.05, 0) is 36.4 Å². The normalized spacial score (nSPS) is 12.5. The van der Waals surface area contributed by atoms with E-state index in [4.69, 9.17) is 0 Å². The van der Waals surface area contributed by atoms with Crippen LogP contribution in [0.4, 0.5) is 13.2 Å². The van der Waals surface area contributed by atoms with Crippen molar-refractivity contribution in [1.82, 2.24) is 5.32 Å². The molecule has 2 aromatic rings. The fraction of sp³-hybridized carbons (Fsp3) is 0.200. The van der Waals surface area contributed by atoms with Crippen molar-refractivity contribution < 1.29 is 13.2 Å². The van der Waals surface area contributed by atoms with Crippen molar-refractivity contribution >= 4 is 31.9 Å². The molecule has 1 nitrogen and oxygen atoms in total. The van der Waals surface area contributed by atoms with Crippen LogP contribution in [0.5, 0.6) is 0 Å². The second-order valence-corrected chi connectivity index (χ2v) is 6.29. The first kappa shape index (κ1) is 16.5. The molecule has 1 N–H and O–H groups in total. The molecule has 0 aliphatic heterocycles. The molecule has 2 aromatic carbocycles. The van der Waals surface area contributed by atoms with Crippen molar-refractivity contribution in [3.8, 4) is 0 Å². The zero-order valence-electron chi connectivity index (χ0n) is 11.1. The van der Waals surface area contributed by atoms with Crippen LogP contribution in [0.1, 0.15) is 24.1 Å². The molecule has 1 atom stereocenters. The third-order valence-electron chi connectivity index (χ3n) is 3.00. The van der Waals surface area contributed by atoms with Gasteiger partial charge in [0.05, 0.1) is 6.04 Å². The Labute approximate surface area is 137 Å². The van der Waals surface area contributed by atoms with E-state index in [9.17, 15) is 13.2 Å². The summed E-state index contributed by atoms with van der Waals surface area (Å²) in [5.74, 6) is -3.82. The summed E-state index contributed by atoms with van der Waals surface area (Å²) < 4.78 is 42.2. The first-order valence-electron chi connectivity index (χ1n) is 6.26. The Morgan fingerprint density at radius 3 is 2.19 bits per heavy atom. The van der Waals surface area contributed by atoms with E-state index in [0.29, 0.717) is 6.54 Å². The van der Waals surface area contributed by atoms with E-state index < -0.39 is 23.5 Å². The van der Waals surface area contributed by atoms with Crippen LogP contribution in [-0.4, -0.2) is 6.54 Å². The molecule has 0 bridgehead atoms. The van der Waals surface area contributed by atoms with Crippen molar-refractivity contribution in [2.45, 2.75) is 13.0 Å². The zero-order chi connectivity index (χ0) is 15.6. The predicted octanol–water partition coefficient (Wildman–Crippen LogP) is 5.33. The summed E-state index contributed by atoms with van der Waals surface area (Å²) in [5.41, 5.74) is 0.809. The summed E-state index contributed by atoms with van der Waals surface area (Å²) in [5, 5.41) is 3.09. The minimum Gasteiger partial charge on any atom is -0.306 e. The van der Waals surface area contributed by atoms with Crippen LogP contribution in [0.2, 0.25) is 0 Å². The topological polar surface area (TPSA) is 12.0 Å². The lowest BCUT2D eigenvalue weighted by Crippen LogP contribution is -2.23. The van der Waals surface area contributed by atoms with Crippen molar-refractivity contribution in [3.05, 3.63) is 67.9 Å². The number of nitrogens with one attached hydrogen (secondary N) is 1. The van der Waals surface area contributed by atoms with Crippen LogP contribution in [0.15, 0.2) is 39.3 Å². The van der Waals surface area contributed by atoms with Gasteiger partial charge in [0.15, 0.2) is 17.5 Å². The standard InChI is InChI=1S/C15H12Br2F3N/c1-2-21-15(8-5-9(16)7-10(17)6-8)11-3-4-12(18)14(20)13(11)19/h3-7,15,21H,2H2,1H3. The van der Waals surface area contributed by atoms with Crippen molar-refractivity contribution in [2.75, 3.05) is 6.54 Å². The van der Waals surface area contributed by atoms with Crippen LogP contribution < -0.4 is 5.32 Å². The summed E-state index contributed by atoms with van der Waals surface area (Å²) in [4.78, 5) is 0. The van der Waals surface area contributed by atoms with Crippen LogP contribution in [0, 0.1) is 17.5 Å². The van der Waals surface area contributed by atoms with E-state index in [1.54, 1.807) is 12.1 Å². The van der Waals surface area contributed by atoms with Gasteiger partial charge in [-0.25, -0.2) is 13.2 Å². The lowest BCUT2D eigenvalue weighted by atomic mass is 9.98. The van der Waals surface area contributed by atoms with E-state index in [1.807, 2.05) is 13.0 Å². The summed E-state index contributed by atoms with van der Waals surface area (Å²) in [6, 6.07) is 7.08. The molecule has 0 heterocycles. The van der Waals surface area contributed by atoms with E-state index in [0.717, 1.165) is 20.6 Å². The number of benzene rings is 2. The number of halogens is 5. The van der Waals surface area contributed by atoms with Crippen LogP contribution in [0.25, 0.3) is 0 Å². The quantitative estimate of drug-likeness (QED) is 0.656.